The summed E-state index contributed by atoms with van der Waals surface area (Å²) in [7, 11) is 3.19. The quantitative estimate of drug-likeness (QED) is 0.333. The minimum absolute atomic E-state index is 0.345. The number of halogens is 1. The first-order valence-corrected chi connectivity index (χ1v) is 10.0. The zero-order valence-electron chi connectivity index (χ0n) is 17.5. The second-order valence-corrected chi connectivity index (χ2v) is 7.31. The van der Waals surface area contributed by atoms with Crippen LogP contribution in [0, 0.1) is 5.82 Å². The van der Waals surface area contributed by atoms with Gasteiger partial charge in [-0.05, 0) is 60.7 Å². The highest BCUT2D eigenvalue weighted by Crippen LogP contribution is 2.41. The zero-order chi connectivity index (χ0) is 22.2. The van der Waals surface area contributed by atoms with Crippen molar-refractivity contribution in [3.05, 3.63) is 84.2 Å². The number of benzene rings is 4. The third kappa shape index (κ3) is 3.00. The molecule has 0 aliphatic rings. The lowest BCUT2D eigenvalue weighted by atomic mass is 10.0. The Labute approximate surface area is 183 Å². The highest BCUT2D eigenvalue weighted by molar-refractivity contribution is 6.12. The summed E-state index contributed by atoms with van der Waals surface area (Å²) >= 11 is 0. The number of carbonyl (C=O) groups excluding carboxylic acids is 1. The molecule has 0 aliphatic carbocycles. The van der Waals surface area contributed by atoms with Crippen molar-refractivity contribution in [3.63, 3.8) is 0 Å². The lowest BCUT2D eigenvalue weighted by Crippen LogP contribution is -1.98. The Bertz CT molecular complexity index is 1470. The van der Waals surface area contributed by atoms with Crippen LogP contribution < -0.4 is 9.47 Å². The van der Waals surface area contributed by atoms with Crippen LogP contribution in [0.1, 0.15) is 10.4 Å². The van der Waals surface area contributed by atoms with Crippen LogP contribution in [-0.2, 0) is 0 Å². The molecule has 32 heavy (non-hydrogen) atoms. The number of aldehydes is 1. The second kappa shape index (κ2) is 7.81. The van der Waals surface area contributed by atoms with E-state index in [1.807, 2.05) is 36.4 Å². The van der Waals surface area contributed by atoms with Gasteiger partial charge in [-0.15, -0.1) is 0 Å². The molecule has 0 spiro atoms. The van der Waals surface area contributed by atoms with E-state index >= 15 is 0 Å². The number of carbonyl (C=O) groups is 1. The molecule has 0 amide bonds. The van der Waals surface area contributed by atoms with Gasteiger partial charge in [0.1, 0.15) is 17.8 Å². The minimum Gasteiger partial charge on any atom is -0.493 e. The molecule has 1 aromatic heterocycles. The number of nitrogens with zero attached hydrogens (tertiary/aromatic N) is 2. The van der Waals surface area contributed by atoms with Crippen molar-refractivity contribution in [1.29, 1.82) is 0 Å². The molecular formula is C26H19FN2O3. The van der Waals surface area contributed by atoms with Gasteiger partial charge in [0.25, 0.3) is 0 Å². The fraction of sp³-hybridized carbons (Fsp3) is 0.0769. The average molecular weight is 426 g/mol. The van der Waals surface area contributed by atoms with Gasteiger partial charge in [0.15, 0.2) is 11.5 Å². The monoisotopic (exact) mass is 426 g/mol. The van der Waals surface area contributed by atoms with E-state index < -0.39 is 0 Å². The Hall–Kier alpha value is -4.19. The number of hydrogen-bond donors (Lipinski definition) is 0. The van der Waals surface area contributed by atoms with Gasteiger partial charge in [-0.25, -0.2) is 9.07 Å². The Morgan fingerprint density at radius 3 is 2.25 bits per heavy atom. The number of ether oxygens (including phenoxy) is 2. The van der Waals surface area contributed by atoms with Gasteiger partial charge in [-0.3, -0.25) is 4.79 Å². The fourth-order valence-electron chi connectivity index (χ4n) is 4.07. The van der Waals surface area contributed by atoms with Crippen molar-refractivity contribution < 1.29 is 18.7 Å². The molecule has 0 aliphatic heterocycles. The standard InChI is InChI=1S/C26H19FN2O3/c1-31-23-14-13-18-19(26(23)32-2)11-12-21-24(20-5-3-4-6-22(20)27)28-29(25(18)21)17-9-7-16(15-30)8-10-17/h3-15H,1-2H3. The van der Waals surface area contributed by atoms with E-state index in [1.165, 1.54) is 6.07 Å². The molecule has 158 valence electrons. The van der Waals surface area contributed by atoms with E-state index in [0.29, 0.717) is 28.3 Å². The first kappa shape index (κ1) is 19.8. The predicted octanol–water partition coefficient (Wildman–Crippen LogP) is 5.81. The van der Waals surface area contributed by atoms with Crippen molar-refractivity contribution in [2.75, 3.05) is 14.2 Å². The molecule has 0 radical (unpaired) electrons. The molecule has 6 heteroatoms. The second-order valence-electron chi connectivity index (χ2n) is 7.31. The molecule has 0 atom stereocenters. The van der Waals surface area contributed by atoms with E-state index in [0.717, 1.165) is 33.6 Å². The summed E-state index contributed by atoms with van der Waals surface area (Å²) in [6.07, 6.45) is 0.794. The molecular weight excluding hydrogens is 407 g/mol. The minimum atomic E-state index is -0.345. The molecule has 0 saturated carbocycles. The number of aromatic nitrogens is 2. The van der Waals surface area contributed by atoms with Crippen LogP contribution in [0.15, 0.2) is 72.8 Å². The third-order valence-corrected chi connectivity index (χ3v) is 5.58. The Morgan fingerprint density at radius 1 is 0.844 bits per heavy atom. The maximum atomic E-state index is 14.7. The van der Waals surface area contributed by atoms with E-state index in [9.17, 15) is 9.18 Å². The molecule has 0 N–H and O–H groups in total. The maximum Gasteiger partial charge on any atom is 0.168 e. The van der Waals surface area contributed by atoms with Gasteiger partial charge >= 0.3 is 0 Å². The third-order valence-electron chi connectivity index (χ3n) is 5.58. The summed E-state index contributed by atoms with van der Waals surface area (Å²) in [4.78, 5) is 11.1. The van der Waals surface area contributed by atoms with Crippen molar-refractivity contribution >= 4 is 28.0 Å². The summed E-state index contributed by atoms with van der Waals surface area (Å²) in [6.45, 7) is 0. The average Bonchev–Trinajstić information content (AvgIpc) is 3.23. The first-order valence-electron chi connectivity index (χ1n) is 10.0. The normalized spacial score (nSPS) is 11.1. The molecule has 1 heterocycles. The summed E-state index contributed by atoms with van der Waals surface area (Å²) in [5.41, 5.74) is 3.08. The van der Waals surface area contributed by atoms with Gasteiger partial charge in [-0.2, -0.15) is 5.10 Å². The van der Waals surface area contributed by atoms with Crippen LogP contribution in [0.3, 0.4) is 0 Å². The van der Waals surface area contributed by atoms with Crippen LogP contribution in [0.2, 0.25) is 0 Å². The predicted molar refractivity (Wildman–Crippen MR) is 122 cm³/mol. The fourth-order valence-corrected chi connectivity index (χ4v) is 4.07. The van der Waals surface area contributed by atoms with Gasteiger partial charge in [0, 0.05) is 27.3 Å². The molecule has 5 nitrogen and oxygen atoms in total. The van der Waals surface area contributed by atoms with E-state index in [1.54, 1.807) is 49.2 Å². The van der Waals surface area contributed by atoms with Crippen LogP contribution in [0.25, 0.3) is 38.6 Å². The lowest BCUT2D eigenvalue weighted by molar-refractivity contribution is 0.112. The Balaban J connectivity index is 1.90. The van der Waals surface area contributed by atoms with E-state index in [2.05, 4.69) is 0 Å². The largest absolute Gasteiger partial charge is 0.493 e. The molecule has 0 fully saturated rings. The maximum absolute atomic E-state index is 14.7. The van der Waals surface area contributed by atoms with E-state index in [-0.39, 0.29) is 5.82 Å². The number of methoxy groups -OCH3 is 2. The summed E-state index contributed by atoms with van der Waals surface area (Å²) in [5.74, 6) is 0.890. The summed E-state index contributed by atoms with van der Waals surface area (Å²) in [5, 5.41) is 7.35. The summed E-state index contributed by atoms with van der Waals surface area (Å²) < 4.78 is 27.6. The molecule has 4 aromatic carbocycles. The van der Waals surface area contributed by atoms with Crippen molar-refractivity contribution in [1.82, 2.24) is 9.78 Å². The highest BCUT2D eigenvalue weighted by Gasteiger charge is 2.20. The van der Waals surface area contributed by atoms with Gasteiger partial charge < -0.3 is 9.47 Å². The van der Waals surface area contributed by atoms with Crippen LogP contribution in [0.4, 0.5) is 4.39 Å². The zero-order valence-corrected chi connectivity index (χ0v) is 17.5. The van der Waals surface area contributed by atoms with Crippen molar-refractivity contribution in [3.8, 4) is 28.4 Å². The topological polar surface area (TPSA) is 53.4 Å². The van der Waals surface area contributed by atoms with Crippen molar-refractivity contribution in [2.24, 2.45) is 0 Å². The van der Waals surface area contributed by atoms with Crippen LogP contribution >= 0.6 is 0 Å². The van der Waals surface area contributed by atoms with Crippen LogP contribution in [0.5, 0.6) is 11.5 Å². The summed E-state index contributed by atoms with van der Waals surface area (Å²) in [6, 6.07) is 21.3. The molecule has 0 unspecified atom stereocenters. The first-order chi connectivity index (χ1) is 15.7. The van der Waals surface area contributed by atoms with Gasteiger partial charge in [0.2, 0.25) is 0 Å². The molecule has 0 saturated heterocycles. The smallest absolute Gasteiger partial charge is 0.168 e. The van der Waals surface area contributed by atoms with E-state index in [4.69, 9.17) is 14.6 Å². The van der Waals surface area contributed by atoms with Gasteiger partial charge in [0.05, 0.1) is 25.4 Å². The number of fused-ring (bicyclic) bond motifs is 3. The highest BCUT2D eigenvalue weighted by atomic mass is 19.1. The number of rotatable bonds is 5. The molecule has 5 rings (SSSR count). The van der Waals surface area contributed by atoms with Gasteiger partial charge in [-0.1, -0.05) is 12.1 Å². The molecule has 0 bridgehead atoms. The SMILES string of the molecule is COc1ccc2c(ccc3c(-c4ccccc4F)nn(-c4ccc(C=O)cc4)c32)c1OC. The van der Waals surface area contributed by atoms with Crippen LogP contribution in [-0.4, -0.2) is 30.3 Å². The number of hydrogen-bond acceptors (Lipinski definition) is 4. The molecule has 5 aromatic rings. The Morgan fingerprint density at radius 2 is 1.56 bits per heavy atom. The lowest BCUT2D eigenvalue weighted by Gasteiger charge is -2.12. The Kier molecular flexibility index (Phi) is 4.82. The van der Waals surface area contributed by atoms with Crippen molar-refractivity contribution in [2.45, 2.75) is 0 Å².